The molecule has 0 radical (unpaired) electrons. The Morgan fingerprint density at radius 3 is 2.50 bits per heavy atom. The lowest BCUT2D eigenvalue weighted by Gasteiger charge is -2.31. The predicted molar refractivity (Wildman–Crippen MR) is 86.1 cm³/mol. The van der Waals surface area contributed by atoms with Crippen LogP contribution in [0.4, 0.5) is 0 Å². The van der Waals surface area contributed by atoms with Crippen molar-refractivity contribution in [3.63, 3.8) is 0 Å². The van der Waals surface area contributed by atoms with Gasteiger partial charge in [-0.3, -0.25) is 4.79 Å². The van der Waals surface area contributed by atoms with Crippen LogP contribution in [0.5, 0.6) is 0 Å². The van der Waals surface area contributed by atoms with Crippen LogP contribution in [-0.2, 0) is 14.8 Å². The Balaban J connectivity index is 2.13. The van der Waals surface area contributed by atoms with E-state index in [1.807, 2.05) is 32.9 Å². The van der Waals surface area contributed by atoms with E-state index >= 15 is 0 Å². The van der Waals surface area contributed by atoms with Gasteiger partial charge in [-0.1, -0.05) is 12.1 Å². The smallest absolute Gasteiger partial charge is 0.243 e. The van der Waals surface area contributed by atoms with E-state index in [9.17, 15) is 13.2 Å². The summed E-state index contributed by atoms with van der Waals surface area (Å²) in [6.07, 6.45) is 1.16. The summed E-state index contributed by atoms with van der Waals surface area (Å²) in [5.41, 5.74) is 1.69. The van der Waals surface area contributed by atoms with Crippen LogP contribution in [0.2, 0.25) is 0 Å². The van der Waals surface area contributed by atoms with Crippen molar-refractivity contribution in [1.29, 1.82) is 0 Å². The summed E-state index contributed by atoms with van der Waals surface area (Å²) >= 11 is 0. The maximum Gasteiger partial charge on any atom is 0.243 e. The topological polar surface area (TPSA) is 66.5 Å². The first-order valence-electron chi connectivity index (χ1n) is 7.71. The molecule has 122 valence electrons. The number of hydrogen-bond donors (Lipinski definition) is 1. The van der Waals surface area contributed by atoms with E-state index in [2.05, 4.69) is 5.32 Å². The second-order valence-corrected chi connectivity index (χ2v) is 7.75. The van der Waals surface area contributed by atoms with Gasteiger partial charge in [0.15, 0.2) is 0 Å². The van der Waals surface area contributed by atoms with E-state index in [0.717, 1.165) is 11.1 Å². The maximum absolute atomic E-state index is 12.8. The summed E-state index contributed by atoms with van der Waals surface area (Å²) in [6, 6.07) is 5.47. The molecule has 0 saturated carbocycles. The van der Waals surface area contributed by atoms with Gasteiger partial charge in [0.05, 0.1) is 4.90 Å². The van der Waals surface area contributed by atoms with Gasteiger partial charge in [-0.2, -0.15) is 4.31 Å². The SMILES string of the molecule is CCNC(=O)C1CCN(S(=O)(=O)c2cc(C)ccc2C)CC1. The molecule has 1 fully saturated rings. The number of nitrogens with one attached hydrogen (secondary N) is 1. The van der Waals surface area contributed by atoms with Crippen LogP contribution >= 0.6 is 0 Å². The largest absolute Gasteiger partial charge is 0.356 e. The van der Waals surface area contributed by atoms with E-state index in [-0.39, 0.29) is 11.8 Å². The van der Waals surface area contributed by atoms with Crippen molar-refractivity contribution in [3.05, 3.63) is 29.3 Å². The fraction of sp³-hybridized carbons (Fsp3) is 0.562. The highest BCUT2D eigenvalue weighted by Gasteiger charge is 2.32. The van der Waals surface area contributed by atoms with Crippen LogP contribution in [0.15, 0.2) is 23.1 Å². The van der Waals surface area contributed by atoms with Gasteiger partial charge in [0.1, 0.15) is 0 Å². The predicted octanol–water partition coefficient (Wildman–Crippen LogP) is 1.84. The molecule has 0 bridgehead atoms. The van der Waals surface area contributed by atoms with Crippen molar-refractivity contribution < 1.29 is 13.2 Å². The van der Waals surface area contributed by atoms with Crippen LogP contribution in [-0.4, -0.2) is 38.3 Å². The highest BCUT2D eigenvalue weighted by atomic mass is 32.2. The lowest BCUT2D eigenvalue weighted by Crippen LogP contribution is -2.43. The van der Waals surface area contributed by atoms with E-state index in [4.69, 9.17) is 0 Å². The minimum absolute atomic E-state index is 0.0336. The fourth-order valence-corrected chi connectivity index (χ4v) is 4.58. The Kier molecular flexibility index (Phi) is 5.24. The number of carbonyl (C=O) groups is 1. The van der Waals surface area contributed by atoms with Crippen LogP contribution in [0.25, 0.3) is 0 Å². The molecule has 1 aliphatic rings. The van der Waals surface area contributed by atoms with Crippen molar-refractivity contribution in [1.82, 2.24) is 9.62 Å². The molecule has 1 aromatic carbocycles. The normalized spacial score (nSPS) is 17.4. The molecule has 0 spiro atoms. The molecular formula is C16H24N2O3S. The van der Waals surface area contributed by atoms with Crippen LogP contribution < -0.4 is 5.32 Å². The third kappa shape index (κ3) is 3.50. The summed E-state index contributed by atoms with van der Waals surface area (Å²) in [4.78, 5) is 12.2. The van der Waals surface area contributed by atoms with Crippen molar-refractivity contribution in [2.24, 2.45) is 5.92 Å². The van der Waals surface area contributed by atoms with E-state index < -0.39 is 10.0 Å². The second kappa shape index (κ2) is 6.79. The Morgan fingerprint density at radius 2 is 1.91 bits per heavy atom. The van der Waals surface area contributed by atoms with Gasteiger partial charge in [0, 0.05) is 25.6 Å². The molecule has 22 heavy (non-hydrogen) atoms. The molecule has 1 heterocycles. The summed E-state index contributed by atoms with van der Waals surface area (Å²) in [7, 11) is -3.47. The Labute approximate surface area is 132 Å². The van der Waals surface area contributed by atoms with Crippen molar-refractivity contribution in [3.8, 4) is 0 Å². The van der Waals surface area contributed by atoms with Gasteiger partial charge in [-0.05, 0) is 50.8 Å². The number of carbonyl (C=O) groups excluding carboxylic acids is 1. The average molecular weight is 324 g/mol. The molecule has 1 saturated heterocycles. The maximum atomic E-state index is 12.8. The number of benzene rings is 1. The molecule has 6 heteroatoms. The van der Waals surface area contributed by atoms with Gasteiger partial charge in [0.25, 0.3) is 0 Å². The Bertz CT molecular complexity index is 647. The zero-order valence-electron chi connectivity index (χ0n) is 13.4. The molecule has 2 rings (SSSR count). The highest BCUT2D eigenvalue weighted by molar-refractivity contribution is 7.89. The van der Waals surface area contributed by atoms with Gasteiger partial charge >= 0.3 is 0 Å². The van der Waals surface area contributed by atoms with Crippen LogP contribution in [0, 0.1) is 19.8 Å². The summed E-state index contributed by atoms with van der Waals surface area (Å²) in [5, 5.41) is 2.81. The van der Waals surface area contributed by atoms with Gasteiger partial charge in [-0.25, -0.2) is 8.42 Å². The lowest BCUT2D eigenvalue weighted by atomic mass is 9.97. The Morgan fingerprint density at radius 1 is 1.27 bits per heavy atom. The van der Waals surface area contributed by atoms with E-state index in [1.54, 1.807) is 6.07 Å². The molecule has 1 aliphatic heterocycles. The minimum atomic E-state index is -3.47. The van der Waals surface area contributed by atoms with Crippen molar-refractivity contribution in [2.45, 2.75) is 38.5 Å². The summed E-state index contributed by atoms with van der Waals surface area (Å²) < 4.78 is 27.1. The zero-order chi connectivity index (χ0) is 16.3. The molecule has 1 amide bonds. The van der Waals surface area contributed by atoms with Crippen LogP contribution in [0.1, 0.15) is 30.9 Å². The quantitative estimate of drug-likeness (QED) is 0.919. The monoisotopic (exact) mass is 324 g/mol. The molecule has 5 nitrogen and oxygen atoms in total. The number of amides is 1. The number of piperidine rings is 1. The molecule has 0 aliphatic carbocycles. The molecule has 0 unspecified atom stereocenters. The summed E-state index contributed by atoms with van der Waals surface area (Å²) in [6.45, 7) is 7.00. The standard InChI is InChI=1S/C16H24N2O3S/c1-4-17-16(19)14-7-9-18(10-8-14)22(20,21)15-11-12(2)5-6-13(15)3/h5-6,11,14H,4,7-10H2,1-3H3,(H,17,19). The zero-order valence-corrected chi connectivity index (χ0v) is 14.2. The minimum Gasteiger partial charge on any atom is -0.356 e. The number of sulfonamides is 1. The lowest BCUT2D eigenvalue weighted by molar-refractivity contribution is -0.126. The Hall–Kier alpha value is -1.40. The van der Waals surface area contributed by atoms with E-state index in [1.165, 1.54) is 4.31 Å². The molecule has 0 atom stereocenters. The fourth-order valence-electron chi connectivity index (χ4n) is 2.80. The van der Waals surface area contributed by atoms with E-state index in [0.29, 0.717) is 37.4 Å². The molecule has 1 N–H and O–H groups in total. The molecule has 1 aromatic rings. The molecule has 0 aromatic heterocycles. The first-order chi connectivity index (χ1) is 10.4. The third-order valence-electron chi connectivity index (χ3n) is 4.14. The first kappa shape index (κ1) is 17.0. The number of rotatable bonds is 4. The van der Waals surface area contributed by atoms with Crippen LogP contribution in [0.3, 0.4) is 0 Å². The van der Waals surface area contributed by atoms with Crippen molar-refractivity contribution >= 4 is 15.9 Å². The van der Waals surface area contributed by atoms with Gasteiger partial charge < -0.3 is 5.32 Å². The summed E-state index contributed by atoms with van der Waals surface area (Å²) in [5.74, 6) is -0.0451. The second-order valence-electron chi connectivity index (χ2n) is 5.84. The van der Waals surface area contributed by atoms with Gasteiger partial charge in [0.2, 0.25) is 15.9 Å². The van der Waals surface area contributed by atoms with Crippen molar-refractivity contribution in [2.75, 3.05) is 19.6 Å². The first-order valence-corrected chi connectivity index (χ1v) is 9.15. The number of hydrogen-bond acceptors (Lipinski definition) is 3. The van der Waals surface area contributed by atoms with Gasteiger partial charge in [-0.15, -0.1) is 0 Å². The number of nitrogens with zero attached hydrogens (tertiary/aromatic N) is 1. The molecular weight excluding hydrogens is 300 g/mol. The third-order valence-corrected chi connectivity index (χ3v) is 6.18. The highest BCUT2D eigenvalue weighted by Crippen LogP contribution is 2.26. The average Bonchev–Trinajstić information content (AvgIpc) is 2.50. The number of aryl methyl sites for hydroxylation is 2.